The van der Waals surface area contributed by atoms with Crippen LogP contribution >= 0.6 is 0 Å². The van der Waals surface area contributed by atoms with Crippen LogP contribution in [0.3, 0.4) is 0 Å². The molecule has 1 heterocycles. The third-order valence-corrected chi connectivity index (χ3v) is 2.99. The molecule has 16 heavy (non-hydrogen) atoms. The van der Waals surface area contributed by atoms with Gasteiger partial charge in [0, 0.05) is 11.7 Å². The third-order valence-electron chi connectivity index (χ3n) is 2.99. The number of ether oxygens (including phenoxy) is 1. The molecule has 1 atom stereocenters. The van der Waals surface area contributed by atoms with Gasteiger partial charge < -0.3 is 14.7 Å². The Morgan fingerprint density at radius 3 is 3.06 bits per heavy atom. The normalized spacial score (nSPS) is 19.1. The van der Waals surface area contributed by atoms with Gasteiger partial charge in [0.25, 0.3) is 0 Å². The van der Waals surface area contributed by atoms with Crippen LogP contribution in [0.1, 0.15) is 18.9 Å². The van der Waals surface area contributed by atoms with Gasteiger partial charge in [-0.2, -0.15) is 0 Å². The summed E-state index contributed by atoms with van der Waals surface area (Å²) in [6, 6.07) is 8.37. The Labute approximate surface area is 94.4 Å². The second-order valence-corrected chi connectivity index (χ2v) is 4.03. The average molecular weight is 221 g/mol. The zero-order chi connectivity index (χ0) is 11.5. The summed E-state index contributed by atoms with van der Waals surface area (Å²) in [6.45, 7) is 2.19. The first-order valence-corrected chi connectivity index (χ1v) is 5.39. The van der Waals surface area contributed by atoms with Crippen LogP contribution < -0.4 is 4.90 Å². The third kappa shape index (κ3) is 2.10. The highest BCUT2D eigenvalue weighted by molar-refractivity contribution is 5.59. The first kappa shape index (κ1) is 10.8. The van der Waals surface area contributed by atoms with Gasteiger partial charge in [-0.1, -0.05) is 18.2 Å². The number of rotatable bonds is 2. The Morgan fingerprint density at radius 1 is 1.56 bits per heavy atom. The number of aryl methyl sites for hydroxylation is 1. The summed E-state index contributed by atoms with van der Waals surface area (Å²) in [5, 5.41) is 8.53. The minimum atomic E-state index is -1.23. The van der Waals surface area contributed by atoms with E-state index in [4.69, 9.17) is 5.11 Å². The molecule has 0 saturated heterocycles. The number of benzene rings is 1. The maximum atomic E-state index is 10.4. The van der Waals surface area contributed by atoms with Crippen LogP contribution in [0.25, 0.3) is 0 Å². The van der Waals surface area contributed by atoms with Crippen LogP contribution in [0, 0.1) is 0 Å². The number of para-hydroxylation sites is 1. The lowest BCUT2D eigenvalue weighted by Crippen LogP contribution is -2.39. The van der Waals surface area contributed by atoms with E-state index in [1.807, 2.05) is 23.1 Å². The highest BCUT2D eigenvalue weighted by Crippen LogP contribution is 2.29. The highest BCUT2D eigenvalue weighted by atomic mass is 16.7. The lowest BCUT2D eigenvalue weighted by Gasteiger charge is -2.35. The fraction of sp³-hybridized carbons (Fsp3) is 0.417. The molecule has 1 aromatic carbocycles. The molecule has 86 valence electrons. The minimum absolute atomic E-state index is 0.105. The van der Waals surface area contributed by atoms with Gasteiger partial charge in [0.15, 0.2) is 6.73 Å². The molecule has 1 aliphatic rings. The van der Waals surface area contributed by atoms with Gasteiger partial charge in [0.05, 0.1) is 0 Å². The van der Waals surface area contributed by atoms with Crippen molar-refractivity contribution in [1.29, 1.82) is 0 Å². The van der Waals surface area contributed by atoms with Gasteiger partial charge in [-0.3, -0.25) is 0 Å². The van der Waals surface area contributed by atoms with Crippen molar-refractivity contribution in [2.45, 2.75) is 25.8 Å². The zero-order valence-electron chi connectivity index (χ0n) is 9.22. The number of anilines is 1. The van der Waals surface area contributed by atoms with Crippen LogP contribution in [0.4, 0.5) is 10.5 Å². The molecule has 0 amide bonds. The summed E-state index contributed by atoms with van der Waals surface area (Å²) in [5.74, 6) is 0. The molecular formula is C12H15NO3. The maximum Gasteiger partial charge on any atom is 0.507 e. The fourth-order valence-electron chi connectivity index (χ4n) is 2.08. The number of carbonyl (C=O) groups is 1. The van der Waals surface area contributed by atoms with Crippen molar-refractivity contribution in [2.24, 2.45) is 0 Å². The Hall–Kier alpha value is -1.71. The average Bonchev–Trinajstić information content (AvgIpc) is 2.27. The number of fused-ring (bicyclic) bond motifs is 1. The van der Waals surface area contributed by atoms with E-state index in [0.717, 1.165) is 18.5 Å². The molecule has 2 rings (SSSR count). The van der Waals surface area contributed by atoms with Gasteiger partial charge in [0.2, 0.25) is 0 Å². The van der Waals surface area contributed by atoms with E-state index in [1.165, 1.54) is 5.56 Å². The Morgan fingerprint density at radius 2 is 2.31 bits per heavy atom. The molecule has 4 heteroatoms. The van der Waals surface area contributed by atoms with E-state index in [2.05, 4.69) is 17.7 Å². The first-order valence-electron chi connectivity index (χ1n) is 5.39. The molecule has 0 aromatic heterocycles. The second-order valence-electron chi connectivity index (χ2n) is 4.03. The van der Waals surface area contributed by atoms with Crippen LogP contribution in [-0.2, 0) is 11.2 Å². The number of nitrogens with zero attached hydrogens (tertiary/aromatic N) is 1. The number of carboxylic acid groups (broad SMARTS) is 1. The highest BCUT2D eigenvalue weighted by Gasteiger charge is 2.23. The number of hydrogen-bond donors (Lipinski definition) is 1. The van der Waals surface area contributed by atoms with Crippen LogP contribution in [0.5, 0.6) is 0 Å². The van der Waals surface area contributed by atoms with Gasteiger partial charge in [-0.15, -0.1) is 0 Å². The van der Waals surface area contributed by atoms with Crippen molar-refractivity contribution in [1.82, 2.24) is 0 Å². The molecule has 0 bridgehead atoms. The zero-order valence-corrected chi connectivity index (χ0v) is 9.22. The molecule has 1 aliphatic heterocycles. The van der Waals surface area contributed by atoms with E-state index in [9.17, 15) is 4.79 Å². The first-order chi connectivity index (χ1) is 7.68. The molecule has 0 fully saturated rings. The van der Waals surface area contributed by atoms with Crippen LogP contribution in [0.15, 0.2) is 24.3 Å². The van der Waals surface area contributed by atoms with E-state index < -0.39 is 6.16 Å². The topological polar surface area (TPSA) is 49.8 Å². The molecule has 1 unspecified atom stereocenters. The largest absolute Gasteiger partial charge is 0.507 e. The summed E-state index contributed by atoms with van der Waals surface area (Å²) in [4.78, 5) is 12.4. The van der Waals surface area contributed by atoms with E-state index >= 15 is 0 Å². The Kier molecular flexibility index (Phi) is 2.99. The molecule has 1 N–H and O–H groups in total. The summed E-state index contributed by atoms with van der Waals surface area (Å²) >= 11 is 0. The molecule has 1 aromatic rings. The molecule has 0 spiro atoms. The predicted octanol–water partition coefficient (Wildman–Crippen LogP) is 2.48. The molecule has 0 aliphatic carbocycles. The van der Waals surface area contributed by atoms with Crippen molar-refractivity contribution in [2.75, 3.05) is 11.6 Å². The van der Waals surface area contributed by atoms with E-state index in [-0.39, 0.29) is 6.73 Å². The molecule has 0 radical (unpaired) electrons. The molecular weight excluding hydrogens is 206 g/mol. The van der Waals surface area contributed by atoms with E-state index in [1.54, 1.807) is 0 Å². The van der Waals surface area contributed by atoms with E-state index in [0.29, 0.717) is 6.04 Å². The summed E-state index contributed by atoms with van der Waals surface area (Å²) < 4.78 is 4.65. The van der Waals surface area contributed by atoms with Crippen molar-refractivity contribution in [3.63, 3.8) is 0 Å². The molecule has 4 nitrogen and oxygen atoms in total. The Balaban J connectivity index is 2.19. The fourth-order valence-corrected chi connectivity index (χ4v) is 2.08. The van der Waals surface area contributed by atoms with Gasteiger partial charge >= 0.3 is 6.16 Å². The maximum absolute atomic E-state index is 10.4. The molecule has 0 saturated carbocycles. The SMILES string of the molecule is CC1CCc2ccccc2N1COC(=O)O. The van der Waals surface area contributed by atoms with Crippen LogP contribution in [-0.4, -0.2) is 24.0 Å². The minimum Gasteiger partial charge on any atom is -0.450 e. The lowest BCUT2D eigenvalue weighted by atomic mass is 9.97. The van der Waals surface area contributed by atoms with Gasteiger partial charge in [-0.05, 0) is 31.4 Å². The van der Waals surface area contributed by atoms with Gasteiger partial charge in [0.1, 0.15) is 0 Å². The summed E-state index contributed by atoms with van der Waals surface area (Å²) in [6.07, 6.45) is 0.844. The quantitative estimate of drug-likeness (QED) is 0.779. The van der Waals surface area contributed by atoms with Crippen molar-refractivity contribution >= 4 is 11.8 Å². The Bertz CT molecular complexity index is 392. The number of hydrogen-bond acceptors (Lipinski definition) is 3. The van der Waals surface area contributed by atoms with Crippen LogP contribution in [0.2, 0.25) is 0 Å². The lowest BCUT2D eigenvalue weighted by molar-refractivity contribution is 0.0892. The van der Waals surface area contributed by atoms with Crippen molar-refractivity contribution in [3.8, 4) is 0 Å². The second kappa shape index (κ2) is 4.43. The monoisotopic (exact) mass is 221 g/mol. The van der Waals surface area contributed by atoms with Gasteiger partial charge in [-0.25, -0.2) is 4.79 Å². The summed E-state index contributed by atoms with van der Waals surface area (Å²) in [5.41, 5.74) is 2.34. The van der Waals surface area contributed by atoms with Crippen molar-refractivity contribution in [3.05, 3.63) is 29.8 Å². The summed E-state index contributed by atoms with van der Waals surface area (Å²) in [7, 11) is 0. The van der Waals surface area contributed by atoms with Crippen molar-refractivity contribution < 1.29 is 14.6 Å². The smallest absolute Gasteiger partial charge is 0.450 e. The predicted molar refractivity (Wildman–Crippen MR) is 60.7 cm³/mol. The standard InChI is InChI=1S/C12H15NO3/c1-9-6-7-10-4-2-3-5-11(10)13(9)8-16-12(14)15/h2-5,9H,6-8H2,1H3,(H,14,15).